The maximum Gasteiger partial charge on any atom is 0.255 e. The molecule has 7 nitrogen and oxygen atoms in total. The predicted molar refractivity (Wildman–Crippen MR) is 103 cm³/mol. The molecule has 0 saturated carbocycles. The minimum absolute atomic E-state index is 0.0495. The average molecular weight is 368 g/mol. The van der Waals surface area contributed by atoms with Crippen LogP contribution >= 0.6 is 0 Å². The van der Waals surface area contributed by atoms with E-state index in [1.54, 1.807) is 35.1 Å². The van der Waals surface area contributed by atoms with Gasteiger partial charge in [0, 0.05) is 45.0 Å². The molecule has 7 heteroatoms. The Hall–Kier alpha value is -3.09. The van der Waals surface area contributed by atoms with Gasteiger partial charge in [0.15, 0.2) is 0 Å². The number of rotatable bonds is 5. The number of ether oxygens (including phenoxy) is 1. The molecule has 0 unspecified atom stereocenters. The molecule has 1 saturated heterocycles. The van der Waals surface area contributed by atoms with Crippen LogP contribution in [0.2, 0.25) is 0 Å². The molecule has 0 radical (unpaired) electrons. The van der Waals surface area contributed by atoms with Crippen molar-refractivity contribution in [3.05, 3.63) is 48.2 Å². The Bertz CT molecular complexity index is 782. The number of carbonyl (C=O) groups is 2. The zero-order valence-corrected chi connectivity index (χ0v) is 15.6. The average Bonchev–Trinajstić information content (AvgIpc) is 2.70. The third-order valence-electron chi connectivity index (χ3n) is 4.46. The second-order valence-corrected chi connectivity index (χ2v) is 6.31. The van der Waals surface area contributed by atoms with Gasteiger partial charge in [-0.25, -0.2) is 4.98 Å². The van der Waals surface area contributed by atoms with Crippen molar-refractivity contribution in [1.29, 1.82) is 0 Å². The van der Waals surface area contributed by atoms with E-state index in [0.29, 0.717) is 44.2 Å². The maximum absolute atomic E-state index is 12.6. The second kappa shape index (κ2) is 8.53. The number of aromatic nitrogens is 1. The van der Waals surface area contributed by atoms with Crippen molar-refractivity contribution in [1.82, 2.24) is 14.8 Å². The lowest BCUT2D eigenvalue weighted by Gasteiger charge is -2.34. The number of hydrogen-bond donors (Lipinski definition) is 1. The van der Waals surface area contributed by atoms with Gasteiger partial charge in [-0.1, -0.05) is 0 Å². The highest BCUT2D eigenvalue weighted by molar-refractivity contribution is 5.94. The van der Waals surface area contributed by atoms with Gasteiger partial charge in [0.25, 0.3) is 5.91 Å². The summed E-state index contributed by atoms with van der Waals surface area (Å²) in [5.74, 6) is 1.48. The Morgan fingerprint density at radius 3 is 2.26 bits per heavy atom. The number of amides is 2. The largest absolute Gasteiger partial charge is 0.494 e. The van der Waals surface area contributed by atoms with Crippen molar-refractivity contribution in [3.8, 4) is 5.75 Å². The van der Waals surface area contributed by atoms with Crippen LogP contribution in [0.3, 0.4) is 0 Å². The van der Waals surface area contributed by atoms with Crippen LogP contribution in [0.1, 0.15) is 24.2 Å². The summed E-state index contributed by atoms with van der Waals surface area (Å²) in [6.07, 6.45) is 1.58. The Labute approximate surface area is 158 Å². The Balaban J connectivity index is 1.58. The normalized spacial score (nSPS) is 14.0. The first kappa shape index (κ1) is 18.7. The molecular weight excluding hydrogens is 344 g/mol. The van der Waals surface area contributed by atoms with E-state index < -0.39 is 0 Å². The van der Waals surface area contributed by atoms with Crippen molar-refractivity contribution in [3.63, 3.8) is 0 Å². The Morgan fingerprint density at radius 2 is 1.70 bits per heavy atom. The summed E-state index contributed by atoms with van der Waals surface area (Å²) < 4.78 is 5.42. The molecule has 1 fully saturated rings. The molecule has 0 atom stereocenters. The molecule has 1 aliphatic heterocycles. The van der Waals surface area contributed by atoms with Crippen LogP contribution in [-0.4, -0.2) is 59.4 Å². The van der Waals surface area contributed by atoms with Crippen molar-refractivity contribution in [2.24, 2.45) is 0 Å². The number of nitrogens with zero attached hydrogens (tertiary/aromatic N) is 3. The van der Waals surface area contributed by atoms with Crippen LogP contribution in [0.4, 0.5) is 11.5 Å². The van der Waals surface area contributed by atoms with Crippen LogP contribution in [0.15, 0.2) is 42.6 Å². The fourth-order valence-corrected chi connectivity index (χ4v) is 2.95. The lowest BCUT2D eigenvalue weighted by molar-refractivity contribution is -0.130. The molecule has 2 amide bonds. The predicted octanol–water partition coefficient (Wildman–Crippen LogP) is 2.53. The molecule has 3 rings (SSSR count). The molecule has 1 aromatic carbocycles. The van der Waals surface area contributed by atoms with Crippen LogP contribution in [-0.2, 0) is 4.79 Å². The topological polar surface area (TPSA) is 74.8 Å². The number of carbonyl (C=O) groups excluding carboxylic acids is 2. The lowest BCUT2D eigenvalue weighted by atomic mass is 10.2. The first-order chi connectivity index (χ1) is 13.1. The summed E-state index contributed by atoms with van der Waals surface area (Å²) in [6, 6.07) is 11.2. The monoisotopic (exact) mass is 368 g/mol. The van der Waals surface area contributed by atoms with Crippen LogP contribution in [0.5, 0.6) is 5.75 Å². The number of nitrogens with one attached hydrogen (secondary N) is 1. The van der Waals surface area contributed by atoms with Gasteiger partial charge in [0.1, 0.15) is 11.6 Å². The number of hydrogen-bond acceptors (Lipinski definition) is 5. The van der Waals surface area contributed by atoms with Crippen molar-refractivity contribution in [2.45, 2.75) is 13.8 Å². The van der Waals surface area contributed by atoms with E-state index in [2.05, 4.69) is 10.3 Å². The quantitative estimate of drug-likeness (QED) is 0.878. The van der Waals surface area contributed by atoms with E-state index in [4.69, 9.17) is 4.74 Å². The first-order valence-corrected chi connectivity index (χ1v) is 9.07. The molecule has 0 spiro atoms. The van der Waals surface area contributed by atoms with Gasteiger partial charge in [-0.3, -0.25) is 9.59 Å². The summed E-state index contributed by atoms with van der Waals surface area (Å²) in [4.78, 5) is 31.8. The van der Waals surface area contributed by atoms with Crippen LogP contribution in [0, 0.1) is 0 Å². The van der Waals surface area contributed by atoms with Gasteiger partial charge in [-0.2, -0.15) is 0 Å². The Morgan fingerprint density at radius 1 is 1.04 bits per heavy atom. The molecule has 27 heavy (non-hydrogen) atoms. The van der Waals surface area contributed by atoms with Gasteiger partial charge in [-0.15, -0.1) is 0 Å². The molecule has 0 bridgehead atoms. The summed E-state index contributed by atoms with van der Waals surface area (Å²) in [5, 5.41) is 3.20. The fraction of sp³-hybridized carbons (Fsp3) is 0.350. The number of anilines is 2. The first-order valence-electron chi connectivity index (χ1n) is 9.07. The molecule has 1 aliphatic rings. The summed E-state index contributed by atoms with van der Waals surface area (Å²) in [6.45, 7) is 6.38. The van der Waals surface area contributed by atoms with Gasteiger partial charge < -0.3 is 19.9 Å². The highest BCUT2D eigenvalue weighted by Gasteiger charge is 2.23. The molecule has 2 heterocycles. The van der Waals surface area contributed by atoms with Crippen molar-refractivity contribution < 1.29 is 14.3 Å². The zero-order chi connectivity index (χ0) is 19.2. The van der Waals surface area contributed by atoms with Crippen LogP contribution in [0.25, 0.3) is 0 Å². The zero-order valence-electron chi connectivity index (χ0n) is 15.6. The smallest absolute Gasteiger partial charge is 0.255 e. The lowest BCUT2D eigenvalue weighted by Crippen LogP contribution is -2.50. The van der Waals surface area contributed by atoms with E-state index in [0.717, 1.165) is 11.4 Å². The molecule has 0 aliphatic carbocycles. The highest BCUT2D eigenvalue weighted by atomic mass is 16.5. The van der Waals surface area contributed by atoms with Gasteiger partial charge in [0.05, 0.1) is 12.2 Å². The summed E-state index contributed by atoms with van der Waals surface area (Å²) in [7, 11) is 0. The molecule has 1 aromatic heterocycles. The molecule has 142 valence electrons. The molecule has 2 aromatic rings. The molecule has 1 N–H and O–H groups in total. The minimum atomic E-state index is -0.0571. The van der Waals surface area contributed by atoms with E-state index in [-0.39, 0.29) is 11.8 Å². The summed E-state index contributed by atoms with van der Waals surface area (Å²) in [5.41, 5.74) is 1.44. The minimum Gasteiger partial charge on any atom is -0.494 e. The van der Waals surface area contributed by atoms with Crippen LogP contribution < -0.4 is 10.1 Å². The van der Waals surface area contributed by atoms with Crippen molar-refractivity contribution in [2.75, 3.05) is 38.1 Å². The van der Waals surface area contributed by atoms with Gasteiger partial charge in [0.2, 0.25) is 5.91 Å². The highest BCUT2D eigenvalue weighted by Crippen LogP contribution is 2.19. The SMILES string of the molecule is CCOc1ccc(Nc2ccc(C(=O)N3CCN(C(C)=O)CC3)cn2)cc1. The van der Waals surface area contributed by atoms with E-state index in [1.807, 2.05) is 31.2 Å². The third kappa shape index (κ3) is 4.75. The molecular formula is C20H24N4O3. The maximum atomic E-state index is 12.6. The van der Waals surface area contributed by atoms with E-state index >= 15 is 0 Å². The Kier molecular flexibility index (Phi) is 5.90. The second-order valence-electron chi connectivity index (χ2n) is 6.31. The van der Waals surface area contributed by atoms with Crippen molar-refractivity contribution >= 4 is 23.3 Å². The number of benzene rings is 1. The van der Waals surface area contributed by atoms with Gasteiger partial charge in [-0.05, 0) is 43.3 Å². The number of pyridine rings is 1. The number of piperazine rings is 1. The standard InChI is InChI=1S/C20H24N4O3/c1-3-27-18-7-5-17(6-8-18)22-19-9-4-16(14-21-19)20(26)24-12-10-23(11-13-24)15(2)25/h4-9,14H,3,10-13H2,1-2H3,(H,21,22). The fourth-order valence-electron chi connectivity index (χ4n) is 2.95. The van der Waals surface area contributed by atoms with Gasteiger partial charge >= 0.3 is 0 Å². The summed E-state index contributed by atoms with van der Waals surface area (Å²) >= 11 is 0. The third-order valence-corrected chi connectivity index (χ3v) is 4.46. The van der Waals surface area contributed by atoms with E-state index in [1.165, 1.54) is 0 Å². The van der Waals surface area contributed by atoms with E-state index in [9.17, 15) is 9.59 Å².